The molecule has 0 heterocycles. The van der Waals surface area contributed by atoms with Crippen LogP contribution >= 0.6 is 11.6 Å². The van der Waals surface area contributed by atoms with Gasteiger partial charge < -0.3 is 5.73 Å². The zero-order valence-corrected chi connectivity index (χ0v) is 14.5. The van der Waals surface area contributed by atoms with Gasteiger partial charge in [-0.05, 0) is 54.8 Å². The van der Waals surface area contributed by atoms with Crippen molar-refractivity contribution in [3.05, 3.63) is 34.3 Å². The summed E-state index contributed by atoms with van der Waals surface area (Å²) in [6.07, 6.45) is 2.91. The molecule has 0 saturated heterocycles. The number of nitrogens with two attached hydrogens (primary N) is 1. The Labute approximate surface area is 134 Å². The van der Waals surface area contributed by atoms with Gasteiger partial charge >= 0.3 is 0 Å². The Kier molecular flexibility index (Phi) is 6.89. The third-order valence-electron chi connectivity index (χ3n) is 4.11. The summed E-state index contributed by atoms with van der Waals surface area (Å²) in [5.41, 5.74) is 7.93. The topological polar surface area (TPSA) is 43.1 Å². The van der Waals surface area contributed by atoms with Crippen molar-refractivity contribution in [2.75, 3.05) is 6.54 Å². The molecule has 1 aromatic rings. The van der Waals surface area contributed by atoms with Gasteiger partial charge in [0.05, 0.1) is 0 Å². The molecule has 1 aromatic carbocycles. The van der Waals surface area contributed by atoms with Gasteiger partial charge in [0.25, 0.3) is 0 Å². The molecular weight excluding hydrogens is 282 g/mol. The Morgan fingerprint density at radius 3 is 2.48 bits per heavy atom. The minimum atomic E-state index is 0.196. The van der Waals surface area contributed by atoms with Crippen LogP contribution in [0.5, 0.6) is 0 Å². The summed E-state index contributed by atoms with van der Waals surface area (Å²) in [5, 5.41) is 0.692. The van der Waals surface area contributed by atoms with E-state index >= 15 is 0 Å². The first kappa shape index (κ1) is 18.2. The maximum absolute atomic E-state index is 12.2. The fourth-order valence-corrected chi connectivity index (χ4v) is 2.95. The van der Waals surface area contributed by atoms with Crippen molar-refractivity contribution in [3.63, 3.8) is 0 Å². The van der Waals surface area contributed by atoms with Crippen molar-refractivity contribution >= 4 is 17.4 Å². The highest BCUT2D eigenvalue weighted by Gasteiger charge is 2.24. The smallest absolute Gasteiger partial charge is 0.137 e. The normalized spacial score (nSPS) is 13.2. The van der Waals surface area contributed by atoms with Crippen molar-refractivity contribution in [3.8, 4) is 0 Å². The monoisotopic (exact) mass is 309 g/mol. The quantitative estimate of drug-likeness (QED) is 0.803. The molecule has 0 aliphatic carbocycles. The zero-order valence-electron chi connectivity index (χ0n) is 13.7. The number of ketones is 1. The van der Waals surface area contributed by atoms with Gasteiger partial charge in [0, 0.05) is 17.9 Å². The van der Waals surface area contributed by atoms with Gasteiger partial charge in [-0.3, -0.25) is 4.79 Å². The molecule has 0 aliphatic heterocycles. The van der Waals surface area contributed by atoms with E-state index in [0.717, 1.165) is 24.0 Å². The van der Waals surface area contributed by atoms with Crippen LogP contribution in [0.15, 0.2) is 18.2 Å². The van der Waals surface area contributed by atoms with E-state index in [1.165, 1.54) is 0 Å². The second-order valence-electron chi connectivity index (χ2n) is 6.99. The van der Waals surface area contributed by atoms with Crippen LogP contribution in [0.25, 0.3) is 0 Å². The number of benzene rings is 1. The second kappa shape index (κ2) is 7.95. The lowest BCUT2D eigenvalue weighted by Gasteiger charge is -2.30. The van der Waals surface area contributed by atoms with Crippen molar-refractivity contribution < 1.29 is 4.79 Å². The van der Waals surface area contributed by atoms with E-state index in [9.17, 15) is 4.79 Å². The van der Waals surface area contributed by atoms with E-state index in [1.54, 1.807) is 0 Å². The van der Waals surface area contributed by atoms with E-state index in [1.807, 2.05) is 25.1 Å². The molecule has 0 amide bonds. The van der Waals surface area contributed by atoms with Crippen molar-refractivity contribution in [2.45, 2.75) is 53.4 Å². The van der Waals surface area contributed by atoms with Crippen LogP contribution in [-0.2, 0) is 11.2 Å². The minimum absolute atomic E-state index is 0.196. The van der Waals surface area contributed by atoms with Crippen LogP contribution < -0.4 is 5.73 Å². The summed E-state index contributed by atoms with van der Waals surface area (Å²) in [6, 6.07) is 5.87. The molecule has 0 bridgehead atoms. The molecule has 21 heavy (non-hydrogen) atoms. The molecule has 3 heteroatoms. The Bertz CT molecular complexity index is 477. The number of rotatable bonds is 7. The highest BCUT2D eigenvalue weighted by Crippen LogP contribution is 2.32. The van der Waals surface area contributed by atoms with Crippen molar-refractivity contribution in [1.82, 2.24) is 0 Å². The first-order chi connectivity index (χ1) is 9.74. The number of carbonyl (C=O) groups is 1. The lowest BCUT2D eigenvalue weighted by atomic mass is 9.76. The number of Topliss-reactive ketones (excluding diaryl/α,β-unsaturated/α-hetero) is 1. The molecular formula is C18H28ClNO. The summed E-state index contributed by atoms with van der Waals surface area (Å²) < 4.78 is 0. The second-order valence-corrected chi connectivity index (χ2v) is 7.40. The lowest BCUT2D eigenvalue weighted by Crippen LogP contribution is -2.24. The van der Waals surface area contributed by atoms with Gasteiger partial charge in [0.2, 0.25) is 0 Å². The summed E-state index contributed by atoms with van der Waals surface area (Å²) in [4.78, 5) is 12.2. The predicted molar refractivity (Wildman–Crippen MR) is 90.8 cm³/mol. The number of carbonyl (C=O) groups excluding carboxylic acids is 1. The summed E-state index contributed by atoms with van der Waals surface area (Å²) in [7, 11) is 0. The Morgan fingerprint density at radius 1 is 1.29 bits per heavy atom. The van der Waals surface area contributed by atoms with Crippen LogP contribution in [0.4, 0.5) is 0 Å². The average Bonchev–Trinajstić information content (AvgIpc) is 2.36. The maximum Gasteiger partial charge on any atom is 0.137 e. The number of hydrogen-bond acceptors (Lipinski definition) is 2. The highest BCUT2D eigenvalue weighted by atomic mass is 35.5. The van der Waals surface area contributed by atoms with Crippen LogP contribution in [0.2, 0.25) is 5.02 Å². The van der Waals surface area contributed by atoms with E-state index in [-0.39, 0.29) is 11.2 Å². The van der Waals surface area contributed by atoms with Gasteiger partial charge in [-0.2, -0.15) is 0 Å². The van der Waals surface area contributed by atoms with Gasteiger partial charge in [-0.1, -0.05) is 44.5 Å². The van der Waals surface area contributed by atoms with Gasteiger partial charge in [0.1, 0.15) is 5.78 Å². The standard InChI is InChI=1S/C18H28ClNO/c1-13-5-6-14(17(19)11-13)12-16(21)8-7-15(9-10-20)18(2,3)4/h5-6,11,15H,7-10,12,20H2,1-4H3. The molecule has 1 atom stereocenters. The first-order valence-electron chi connectivity index (χ1n) is 7.71. The van der Waals surface area contributed by atoms with E-state index in [2.05, 4.69) is 20.8 Å². The Balaban J connectivity index is 2.57. The van der Waals surface area contributed by atoms with Gasteiger partial charge in [-0.15, -0.1) is 0 Å². The molecule has 118 valence electrons. The lowest BCUT2D eigenvalue weighted by molar-refractivity contribution is -0.118. The minimum Gasteiger partial charge on any atom is -0.330 e. The molecule has 1 unspecified atom stereocenters. The first-order valence-corrected chi connectivity index (χ1v) is 8.08. The van der Waals surface area contributed by atoms with Crippen molar-refractivity contribution in [1.29, 1.82) is 0 Å². The molecule has 0 radical (unpaired) electrons. The summed E-state index contributed by atoms with van der Waals surface area (Å²) in [6.45, 7) is 9.33. The number of hydrogen-bond donors (Lipinski definition) is 1. The summed E-state index contributed by atoms with van der Waals surface area (Å²) >= 11 is 6.19. The third-order valence-corrected chi connectivity index (χ3v) is 4.46. The van der Waals surface area contributed by atoms with Gasteiger partial charge in [-0.25, -0.2) is 0 Å². The fourth-order valence-electron chi connectivity index (χ4n) is 2.64. The Morgan fingerprint density at radius 2 is 1.95 bits per heavy atom. The Hall–Kier alpha value is -0.860. The van der Waals surface area contributed by atoms with Crippen LogP contribution in [0.1, 0.15) is 51.2 Å². The molecule has 0 saturated carbocycles. The molecule has 0 aromatic heterocycles. The molecule has 2 nitrogen and oxygen atoms in total. The SMILES string of the molecule is Cc1ccc(CC(=O)CCC(CCN)C(C)(C)C)c(Cl)c1. The predicted octanol–water partition coefficient (Wildman–Crippen LogP) is 4.55. The largest absolute Gasteiger partial charge is 0.330 e. The van der Waals surface area contributed by atoms with Crippen LogP contribution in [0, 0.1) is 18.3 Å². The molecule has 0 aliphatic rings. The van der Waals surface area contributed by atoms with Crippen molar-refractivity contribution in [2.24, 2.45) is 17.1 Å². The molecule has 0 fully saturated rings. The average molecular weight is 310 g/mol. The zero-order chi connectivity index (χ0) is 16.0. The number of aryl methyl sites for hydroxylation is 1. The van der Waals surface area contributed by atoms with E-state index < -0.39 is 0 Å². The maximum atomic E-state index is 12.2. The van der Waals surface area contributed by atoms with Crippen LogP contribution in [-0.4, -0.2) is 12.3 Å². The van der Waals surface area contributed by atoms with Gasteiger partial charge in [0.15, 0.2) is 0 Å². The van der Waals surface area contributed by atoms with Crippen LogP contribution in [0.3, 0.4) is 0 Å². The fraction of sp³-hybridized carbons (Fsp3) is 0.611. The van der Waals surface area contributed by atoms with E-state index in [4.69, 9.17) is 17.3 Å². The summed E-state index contributed by atoms with van der Waals surface area (Å²) in [5.74, 6) is 0.743. The molecule has 0 spiro atoms. The van der Waals surface area contributed by atoms with E-state index in [0.29, 0.717) is 30.3 Å². The highest BCUT2D eigenvalue weighted by molar-refractivity contribution is 6.31. The molecule has 2 N–H and O–H groups in total. The third kappa shape index (κ3) is 6.19. The molecule has 1 rings (SSSR count). The number of halogens is 1.